The van der Waals surface area contributed by atoms with Crippen LogP contribution in [0.1, 0.15) is 35.7 Å². The van der Waals surface area contributed by atoms with Crippen molar-refractivity contribution >= 4 is 23.7 Å². The van der Waals surface area contributed by atoms with Crippen molar-refractivity contribution in [3.63, 3.8) is 0 Å². The minimum Gasteiger partial charge on any atom is -0.383 e. The molecule has 1 aliphatic rings. The van der Waals surface area contributed by atoms with Crippen molar-refractivity contribution in [1.29, 1.82) is 0 Å². The molecule has 5 heteroatoms. The fraction of sp³-hybridized carbons (Fsp3) is 0.333. The number of rotatable bonds is 4. The Labute approximate surface area is 141 Å². The van der Waals surface area contributed by atoms with Gasteiger partial charge in [-0.1, -0.05) is 23.7 Å². The Morgan fingerprint density at radius 2 is 2.26 bits per heavy atom. The number of nitrogens with two attached hydrogens (primary N) is 1. The van der Waals surface area contributed by atoms with E-state index in [0.29, 0.717) is 22.9 Å². The molecule has 2 aromatic rings. The number of anilines is 1. The first-order valence-corrected chi connectivity index (χ1v) is 8.20. The number of hydrogen-bond donors (Lipinski definition) is 1. The molecule has 0 saturated carbocycles. The fourth-order valence-corrected chi connectivity index (χ4v) is 3.40. The molecule has 1 saturated heterocycles. The summed E-state index contributed by atoms with van der Waals surface area (Å²) >= 11 is 6.46. The second kappa shape index (κ2) is 6.69. The summed E-state index contributed by atoms with van der Waals surface area (Å²) in [5, 5.41) is 0.665. The third-order valence-corrected chi connectivity index (χ3v) is 4.81. The van der Waals surface area contributed by atoms with E-state index in [1.165, 1.54) is 18.4 Å². The molecule has 0 bridgehead atoms. The number of nitrogen functional groups attached to an aromatic ring is 1. The normalized spacial score (nSPS) is 18.3. The van der Waals surface area contributed by atoms with Gasteiger partial charge in [0.05, 0.1) is 5.56 Å². The average Bonchev–Trinajstić information content (AvgIpc) is 2.93. The number of aromatic nitrogens is 1. The highest BCUT2D eigenvalue weighted by molar-refractivity contribution is 6.33. The third-order valence-electron chi connectivity index (χ3n) is 4.50. The van der Waals surface area contributed by atoms with Gasteiger partial charge in [-0.15, -0.1) is 0 Å². The summed E-state index contributed by atoms with van der Waals surface area (Å²) in [5.41, 5.74) is 8.91. The first-order chi connectivity index (χ1) is 11.1. The largest absolute Gasteiger partial charge is 0.383 e. The van der Waals surface area contributed by atoms with Gasteiger partial charge in [0.25, 0.3) is 0 Å². The van der Waals surface area contributed by atoms with E-state index in [-0.39, 0.29) is 5.82 Å². The number of likely N-dealkylation sites (tertiary alicyclic amines) is 1. The molecule has 1 fully saturated rings. The monoisotopic (exact) mass is 329 g/mol. The predicted molar refractivity (Wildman–Crippen MR) is 93.6 cm³/mol. The van der Waals surface area contributed by atoms with E-state index < -0.39 is 0 Å². The summed E-state index contributed by atoms with van der Waals surface area (Å²) in [6.07, 6.45) is 4.88. The van der Waals surface area contributed by atoms with Crippen molar-refractivity contribution < 1.29 is 4.79 Å². The van der Waals surface area contributed by atoms with Crippen LogP contribution in [-0.4, -0.2) is 28.8 Å². The first kappa shape index (κ1) is 16.0. The van der Waals surface area contributed by atoms with Gasteiger partial charge in [-0.25, -0.2) is 4.98 Å². The summed E-state index contributed by atoms with van der Waals surface area (Å²) in [4.78, 5) is 17.6. The minimum absolute atomic E-state index is 0.236. The van der Waals surface area contributed by atoms with Crippen molar-refractivity contribution in [3.05, 3.63) is 46.6 Å². The quantitative estimate of drug-likeness (QED) is 0.867. The molecule has 2 N–H and O–H groups in total. The number of carbonyl (C=O) groups excluding carboxylic acids is 1. The second-order valence-electron chi connectivity index (χ2n) is 6.09. The van der Waals surface area contributed by atoms with Gasteiger partial charge in [-0.2, -0.15) is 0 Å². The molecule has 3 rings (SSSR count). The molecule has 4 nitrogen and oxygen atoms in total. The Hall–Kier alpha value is -1.91. The number of aldehydes is 1. The van der Waals surface area contributed by atoms with E-state index in [1.807, 2.05) is 12.1 Å². The number of halogens is 1. The molecule has 0 spiro atoms. The predicted octanol–water partition coefficient (Wildman–Crippen LogP) is 3.78. The number of nitrogens with zero attached hydrogens (tertiary/aromatic N) is 2. The molecule has 2 heterocycles. The van der Waals surface area contributed by atoms with E-state index in [2.05, 4.69) is 22.9 Å². The zero-order valence-corrected chi connectivity index (χ0v) is 13.9. The van der Waals surface area contributed by atoms with Gasteiger partial charge in [-0.3, -0.25) is 9.69 Å². The Bertz CT molecular complexity index is 732. The highest BCUT2D eigenvalue weighted by atomic mass is 35.5. The summed E-state index contributed by atoms with van der Waals surface area (Å²) in [6.45, 7) is 4.33. The Morgan fingerprint density at radius 3 is 2.91 bits per heavy atom. The molecular formula is C18H20ClN3O. The maximum atomic E-state index is 11.0. The molecule has 1 aromatic heterocycles. The lowest BCUT2D eigenvalue weighted by Crippen LogP contribution is -2.26. The molecule has 0 radical (unpaired) electrons. The maximum absolute atomic E-state index is 11.0. The van der Waals surface area contributed by atoms with Crippen molar-refractivity contribution in [2.75, 3.05) is 12.3 Å². The molecular weight excluding hydrogens is 310 g/mol. The van der Waals surface area contributed by atoms with Gasteiger partial charge < -0.3 is 5.73 Å². The van der Waals surface area contributed by atoms with Crippen LogP contribution in [0.5, 0.6) is 0 Å². The van der Waals surface area contributed by atoms with Crippen molar-refractivity contribution in [2.45, 2.75) is 32.4 Å². The number of hydrogen-bond acceptors (Lipinski definition) is 4. The van der Waals surface area contributed by atoms with Crippen molar-refractivity contribution in [3.8, 4) is 11.1 Å². The maximum Gasteiger partial charge on any atom is 0.153 e. The van der Waals surface area contributed by atoms with E-state index in [0.717, 1.165) is 24.2 Å². The van der Waals surface area contributed by atoms with Gasteiger partial charge in [-0.05, 0) is 44.0 Å². The van der Waals surface area contributed by atoms with Gasteiger partial charge in [0.1, 0.15) is 5.82 Å². The Morgan fingerprint density at radius 1 is 1.43 bits per heavy atom. The van der Waals surface area contributed by atoms with Crippen LogP contribution in [0.25, 0.3) is 11.1 Å². The second-order valence-corrected chi connectivity index (χ2v) is 6.50. The topological polar surface area (TPSA) is 59.2 Å². The zero-order valence-electron chi connectivity index (χ0n) is 13.1. The van der Waals surface area contributed by atoms with E-state index in [1.54, 1.807) is 12.3 Å². The fourth-order valence-electron chi connectivity index (χ4n) is 3.09. The van der Waals surface area contributed by atoms with Gasteiger partial charge in [0.15, 0.2) is 6.29 Å². The Balaban J connectivity index is 1.86. The van der Waals surface area contributed by atoms with E-state index in [9.17, 15) is 4.79 Å². The van der Waals surface area contributed by atoms with Crippen LogP contribution in [0, 0.1) is 0 Å². The molecule has 23 heavy (non-hydrogen) atoms. The van der Waals surface area contributed by atoms with Crippen LogP contribution in [-0.2, 0) is 6.54 Å². The third kappa shape index (κ3) is 3.38. The summed E-state index contributed by atoms with van der Waals surface area (Å²) < 4.78 is 0. The van der Waals surface area contributed by atoms with E-state index >= 15 is 0 Å². The molecule has 1 aromatic carbocycles. The van der Waals surface area contributed by atoms with Crippen molar-refractivity contribution in [2.24, 2.45) is 0 Å². The van der Waals surface area contributed by atoms with Crippen LogP contribution in [0.4, 0.5) is 5.82 Å². The minimum atomic E-state index is 0.236. The molecule has 0 aliphatic carbocycles. The molecule has 1 atom stereocenters. The summed E-state index contributed by atoms with van der Waals surface area (Å²) in [5.74, 6) is 0.236. The van der Waals surface area contributed by atoms with Crippen molar-refractivity contribution in [1.82, 2.24) is 9.88 Å². The lowest BCUT2D eigenvalue weighted by Gasteiger charge is -2.21. The molecule has 1 unspecified atom stereocenters. The van der Waals surface area contributed by atoms with Crippen LogP contribution in [0.15, 0.2) is 30.5 Å². The summed E-state index contributed by atoms with van der Waals surface area (Å²) in [6, 6.07) is 8.42. The van der Waals surface area contributed by atoms with Crippen LogP contribution < -0.4 is 5.73 Å². The van der Waals surface area contributed by atoms with Crippen LogP contribution in [0.3, 0.4) is 0 Å². The van der Waals surface area contributed by atoms with Crippen LogP contribution >= 0.6 is 11.6 Å². The van der Waals surface area contributed by atoms with E-state index in [4.69, 9.17) is 17.3 Å². The first-order valence-electron chi connectivity index (χ1n) is 7.82. The smallest absolute Gasteiger partial charge is 0.153 e. The highest BCUT2D eigenvalue weighted by Gasteiger charge is 2.20. The number of carbonyl (C=O) groups is 1. The lowest BCUT2D eigenvalue weighted by atomic mass is 10.0. The summed E-state index contributed by atoms with van der Waals surface area (Å²) in [7, 11) is 0. The molecule has 0 amide bonds. The Kier molecular flexibility index (Phi) is 4.64. The molecule has 120 valence electrons. The highest BCUT2D eigenvalue weighted by Crippen LogP contribution is 2.30. The molecule has 1 aliphatic heterocycles. The van der Waals surface area contributed by atoms with Gasteiger partial charge >= 0.3 is 0 Å². The van der Waals surface area contributed by atoms with Gasteiger partial charge in [0, 0.05) is 34.9 Å². The number of pyridine rings is 1. The average molecular weight is 330 g/mol. The van der Waals surface area contributed by atoms with Gasteiger partial charge in [0.2, 0.25) is 0 Å². The SMILES string of the molecule is CC1CCCN1Cc1ccc(-c2cnc(N)c(C=O)c2)c(Cl)c1. The van der Waals surface area contributed by atoms with Crippen LogP contribution in [0.2, 0.25) is 5.02 Å². The zero-order chi connectivity index (χ0) is 16.4. The standard InChI is InChI=1S/C18H20ClN3O/c1-12-3-2-6-22(12)10-13-4-5-16(17(19)7-13)14-8-15(11-23)18(20)21-9-14/h4-5,7-9,11-12H,2-3,6,10H2,1H3,(H2,20,21). The lowest BCUT2D eigenvalue weighted by molar-refractivity contribution is 0.112. The number of benzene rings is 1.